The molecule has 0 bridgehead atoms. The highest BCUT2D eigenvalue weighted by Gasteiger charge is 2.59. The number of benzene rings is 1. The van der Waals surface area contributed by atoms with E-state index in [-0.39, 0.29) is 16.9 Å². The van der Waals surface area contributed by atoms with Gasteiger partial charge < -0.3 is 4.74 Å². The van der Waals surface area contributed by atoms with Crippen molar-refractivity contribution in [2.24, 2.45) is 46.3 Å². The summed E-state index contributed by atoms with van der Waals surface area (Å²) in [7, 11) is 0. The van der Waals surface area contributed by atoms with Crippen LogP contribution in [0.3, 0.4) is 0 Å². The zero-order chi connectivity index (χ0) is 27.8. The average molecular weight is 598 g/mol. The summed E-state index contributed by atoms with van der Waals surface area (Å²) in [6.45, 7) is 12.6. The topological polar surface area (TPSA) is 26.3 Å². The Labute approximate surface area is 247 Å². The van der Waals surface area contributed by atoms with Gasteiger partial charge in [0.15, 0.2) is 0 Å². The van der Waals surface area contributed by atoms with E-state index >= 15 is 0 Å². The fourth-order valence-electron chi connectivity index (χ4n) is 9.90. The average Bonchev–Trinajstić information content (AvgIpc) is 3.26. The van der Waals surface area contributed by atoms with Crippen molar-refractivity contribution < 1.29 is 9.53 Å². The summed E-state index contributed by atoms with van der Waals surface area (Å²) in [5.41, 5.74) is 3.60. The molecule has 0 heterocycles. The number of halogens is 1. The van der Waals surface area contributed by atoms with Crippen molar-refractivity contribution in [3.05, 3.63) is 47.5 Å². The molecule has 0 amide bonds. The lowest BCUT2D eigenvalue weighted by atomic mass is 9.47. The molecule has 1 aromatic carbocycles. The molecule has 39 heavy (non-hydrogen) atoms. The number of allylic oxidation sites excluding steroid dienone is 1. The number of rotatable bonds is 9. The maximum atomic E-state index is 12.9. The summed E-state index contributed by atoms with van der Waals surface area (Å²) in [6.07, 6.45) is 17.6. The number of hydrogen-bond donors (Lipinski definition) is 0. The summed E-state index contributed by atoms with van der Waals surface area (Å²) < 4.78 is 6.10. The van der Waals surface area contributed by atoms with E-state index in [0.29, 0.717) is 17.3 Å². The van der Waals surface area contributed by atoms with E-state index in [4.69, 9.17) is 4.74 Å². The van der Waals surface area contributed by atoms with Gasteiger partial charge in [-0.3, -0.25) is 4.79 Å². The Balaban J connectivity index is 1.21. The summed E-state index contributed by atoms with van der Waals surface area (Å²) in [5.74, 6) is 5.06. The molecule has 2 nitrogen and oxygen atoms in total. The van der Waals surface area contributed by atoms with Gasteiger partial charge in [-0.1, -0.05) is 112 Å². The number of esters is 1. The van der Waals surface area contributed by atoms with Crippen molar-refractivity contribution in [1.29, 1.82) is 0 Å². The summed E-state index contributed by atoms with van der Waals surface area (Å²) in [4.78, 5) is 12.7. The Bertz CT molecular complexity index is 1020. The van der Waals surface area contributed by atoms with Gasteiger partial charge in [0.05, 0.1) is 0 Å². The van der Waals surface area contributed by atoms with Crippen LogP contribution in [0.25, 0.3) is 0 Å². The lowest BCUT2D eigenvalue weighted by Gasteiger charge is -2.58. The second-order valence-electron chi connectivity index (χ2n) is 14.7. The molecule has 216 valence electrons. The Morgan fingerprint density at radius 3 is 2.51 bits per heavy atom. The Kier molecular flexibility index (Phi) is 9.07. The molecular weight excluding hydrogens is 544 g/mol. The predicted octanol–water partition coefficient (Wildman–Crippen LogP) is 9.95. The first kappa shape index (κ1) is 29.4. The second kappa shape index (κ2) is 12.0. The van der Waals surface area contributed by atoms with Crippen molar-refractivity contribution in [1.82, 2.24) is 0 Å². The SMILES string of the molecule is CC(C)CCC[C@@H](C)[C@@H]1CC[C@@H]2[C@H]3CC=C4C[C@@H](OC(=O)[C@H](Br)Cc5ccccc5)CC[C@]4(C)[C@@H]3CC[C@@]21C. The van der Waals surface area contributed by atoms with Crippen molar-refractivity contribution in [3.63, 3.8) is 0 Å². The van der Waals surface area contributed by atoms with Crippen LogP contribution in [0.1, 0.15) is 111 Å². The maximum absolute atomic E-state index is 12.9. The number of carbonyl (C=O) groups excluding carboxylic acids is 1. The third kappa shape index (κ3) is 5.96. The van der Waals surface area contributed by atoms with Crippen molar-refractivity contribution >= 4 is 21.9 Å². The highest BCUT2D eigenvalue weighted by molar-refractivity contribution is 9.10. The molecule has 0 aliphatic heterocycles. The molecule has 5 rings (SSSR count). The van der Waals surface area contributed by atoms with E-state index in [1.165, 1.54) is 57.8 Å². The fraction of sp³-hybridized carbons (Fsp3) is 0.750. The minimum absolute atomic E-state index is 0.0283. The molecule has 0 N–H and O–H groups in total. The first-order chi connectivity index (χ1) is 18.6. The maximum Gasteiger partial charge on any atom is 0.320 e. The van der Waals surface area contributed by atoms with E-state index in [2.05, 4.69) is 68.8 Å². The number of hydrogen-bond acceptors (Lipinski definition) is 2. The van der Waals surface area contributed by atoms with Gasteiger partial charge >= 0.3 is 5.97 Å². The van der Waals surface area contributed by atoms with Crippen molar-refractivity contribution in [2.75, 3.05) is 0 Å². The molecule has 0 saturated heterocycles. The normalized spacial score (nSPS) is 37.3. The standard InChI is InChI=1S/C36H53BrO2/c1-24(2)10-9-11-25(3)30-16-17-31-29-15-14-27-23-28(18-20-35(27,4)32(29)19-21-36(30,31)5)39-34(38)33(37)22-26-12-7-6-8-13-26/h6-8,12-14,24-25,28-33H,9-11,15-23H2,1-5H3/t25-,28+,29-,30+,31-,32-,33-,35+,36-/m1/s1. The number of carbonyl (C=O) groups is 1. The monoisotopic (exact) mass is 596 g/mol. The molecule has 3 fully saturated rings. The number of fused-ring (bicyclic) bond motifs is 5. The van der Waals surface area contributed by atoms with Gasteiger partial charge in [-0.25, -0.2) is 0 Å². The molecule has 1 aromatic rings. The minimum Gasteiger partial charge on any atom is -0.461 e. The van der Waals surface area contributed by atoms with Crippen LogP contribution in [0, 0.1) is 46.3 Å². The third-order valence-electron chi connectivity index (χ3n) is 12.1. The van der Waals surface area contributed by atoms with E-state index < -0.39 is 0 Å². The highest BCUT2D eigenvalue weighted by Crippen LogP contribution is 2.67. The minimum atomic E-state index is -0.281. The first-order valence-corrected chi connectivity index (χ1v) is 17.1. The number of ether oxygens (including phenoxy) is 1. The molecule has 4 aliphatic rings. The molecule has 3 heteroatoms. The Hall–Kier alpha value is -1.09. The highest BCUT2D eigenvalue weighted by atomic mass is 79.9. The van der Waals surface area contributed by atoms with Crippen LogP contribution in [0.4, 0.5) is 0 Å². The molecule has 0 aromatic heterocycles. The van der Waals surface area contributed by atoms with Gasteiger partial charge in [0.2, 0.25) is 0 Å². The molecule has 9 atom stereocenters. The summed E-state index contributed by atoms with van der Waals surface area (Å²) in [6, 6.07) is 10.2. The van der Waals surface area contributed by atoms with Gasteiger partial charge in [0, 0.05) is 6.42 Å². The van der Waals surface area contributed by atoms with Crippen LogP contribution in [-0.4, -0.2) is 16.9 Å². The predicted molar refractivity (Wildman–Crippen MR) is 166 cm³/mol. The largest absolute Gasteiger partial charge is 0.461 e. The fourth-order valence-corrected chi connectivity index (χ4v) is 10.4. The van der Waals surface area contributed by atoms with Gasteiger partial charge in [-0.05, 0) is 103 Å². The Morgan fingerprint density at radius 1 is 1.00 bits per heavy atom. The van der Waals surface area contributed by atoms with E-state index in [0.717, 1.165) is 53.9 Å². The molecule has 0 spiro atoms. The lowest BCUT2D eigenvalue weighted by Crippen LogP contribution is -2.51. The summed E-state index contributed by atoms with van der Waals surface area (Å²) >= 11 is 3.61. The van der Waals surface area contributed by atoms with Crippen LogP contribution in [0.15, 0.2) is 42.0 Å². The molecular formula is C36H53BrO2. The second-order valence-corrected chi connectivity index (χ2v) is 15.9. The van der Waals surface area contributed by atoms with Crippen LogP contribution < -0.4 is 0 Å². The zero-order valence-electron chi connectivity index (χ0n) is 25.3. The van der Waals surface area contributed by atoms with Gasteiger partial charge in [0.25, 0.3) is 0 Å². The molecule has 0 radical (unpaired) electrons. The van der Waals surface area contributed by atoms with Crippen LogP contribution in [-0.2, 0) is 16.0 Å². The number of alkyl halides is 1. The molecule has 4 aliphatic carbocycles. The van der Waals surface area contributed by atoms with Crippen molar-refractivity contribution in [2.45, 2.75) is 123 Å². The smallest absolute Gasteiger partial charge is 0.320 e. The van der Waals surface area contributed by atoms with E-state index in [1.807, 2.05) is 18.2 Å². The van der Waals surface area contributed by atoms with Crippen LogP contribution >= 0.6 is 15.9 Å². The quantitative estimate of drug-likeness (QED) is 0.161. The van der Waals surface area contributed by atoms with Gasteiger partial charge in [-0.15, -0.1) is 0 Å². The lowest BCUT2D eigenvalue weighted by molar-refractivity contribution is -0.150. The molecule has 0 unspecified atom stereocenters. The first-order valence-electron chi connectivity index (χ1n) is 16.2. The van der Waals surface area contributed by atoms with E-state index in [1.54, 1.807) is 5.57 Å². The van der Waals surface area contributed by atoms with Gasteiger partial charge in [0.1, 0.15) is 10.9 Å². The zero-order valence-corrected chi connectivity index (χ0v) is 26.8. The van der Waals surface area contributed by atoms with Crippen LogP contribution in [0.2, 0.25) is 0 Å². The van der Waals surface area contributed by atoms with Gasteiger partial charge in [-0.2, -0.15) is 0 Å². The van der Waals surface area contributed by atoms with E-state index in [9.17, 15) is 4.79 Å². The Morgan fingerprint density at radius 2 is 1.77 bits per heavy atom. The molecule has 3 saturated carbocycles. The van der Waals surface area contributed by atoms with Crippen LogP contribution in [0.5, 0.6) is 0 Å². The summed E-state index contributed by atoms with van der Waals surface area (Å²) in [5, 5.41) is 0. The third-order valence-corrected chi connectivity index (χ3v) is 12.8. The van der Waals surface area contributed by atoms with Crippen molar-refractivity contribution in [3.8, 4) is 0 Å².